The van der Waals surface area contributed by atoms with Crippen LogP contribution in [0.5, 0.6) is 5.88 Å². The summed E-state index contributed by atoms with van der Waals surface area (Å²) in [5, 5.41) is 13.7. The van der Waals surface area contributed by atoms with Gasteiger partial charge in [0.2, 0.25) is 5.88 Å². The molecule has 0 saturated carbocycles. The number of pyridine rings is 1. The number of aromatic nitrogens is 3. The molecule has 0 aromatic carbocycles. The Balaban J connectivity index is 1.52. The first-order valence-corrected chi connectivity index (χ1v) is 10.0. The van der Waals surface area contributed by atoms with Crippen LogP contribution in [0.4, 0.5) is 25.1 Å². The fourth-order valence-corrected chi connectivity index (χ4v) is 3.25. The molecular formula is C19H23ClF2N6O3. The maximum Gasteiger partial charge on any atom is 0.319 e. The van der Waals surface area contributed by atoms with Gasteiger partial charge in [0.15, 0.2) is 12.4 Å². The van der Waals surface area contributed by atoms with Gasteiger partial charge in [-0.25, -0.2) is 18.6 Å². The molecule has 1 fully saturated rings. The number of morpholine rings is 1. The van der Waals surface area contributed by atoms with Gasteiger partial charge < -0.3 is 25.0 Å². The summed E-state index contributed by atoms with van der Waals surface area (Å²) in [6.45, 7) is 5.45. The quantitative estimate of drug-likeness (QED) is 0.660. The number of halogens is 3. The number of rotatable bonds is 7. The third-order valence-electron chi connectivity index (χ3n) is 4.39. The van der Waals surface area contributed by atoms with Crippen LogP contribution in [0.2, 0.25) is 5.02 Å². The molecule has 2 N–H and O–H groups in total. The molecule has 1 saturated heterocycles. The predicted molar refractivity (Wildman–Crippen MR) is 111 cm³/mol. The van der Waals surface area contributed by atoms with Gasteiger partial charge in [-0.15, -0.1) is 5.10 Å². The van der Waals surface area contributed by atoms with Crippen LogP contribution in [-0.4, -0.2) is 60.0 Å². The number of ether oxygens (including phenoxy) is 2. The minimum atomic E-state index is -2.64. The Bertz CT molecular complexity index is 920. The highest BCUT2D eigenvalue weighted by Crippen LogP contribution is 2.25. The molecule has 1 unspecified atom stereocenters. The van der Waals surface area contributed by atoms with Crippen molar-refractivity contribution in [3.05, 3.63) is 34.6 Å². The molecule has 1 aliphatic heterocycles. The van der Waals surface area contributed by atoms with E-state index in [0.29, 0.717) is 12.3 Å². The highest BCUT2D eigenvalue weighted by Gasteiger charge is 2.20. The van der Waals surface area contributed by atoms with Crippen LogP contribution >= 0.6 is 11.6 Å². The van der Waals surface area contributed by atoms with Crippen LogP contribution < -0.4 is 20.3 Å². The van der Waals surface area contributed by atoms with E-state index < -0.39 is 19.1 Å². The van der Waals surface area contributed by atoms with E-state index in [1.165, 1.54) is 12.3 Å². The fraction of sp³-hybridized carbons (Fsp3) is 0.474. The summed E-state index contributed by atoms with van der Waals surface area (Å²) < 4.78 is 34.7. The lowest BCUT2D eigenvalue weighted by molar-refractivity contribution is 0.0528. The molecule has 168 valence electrons. The van der Waals surface area contributed by atoms with Gasteiger partial charge in [-0.05, 0) is 31.5 Å². The Kier molecular flexibility index (Phi) is 7.75. The largest absolute Gasteiger partial charge is 0.471 e. The number of aryl methyl sites for hydroxylation is 1. The van der Waals surface area contributed by atoms with Gasteiger partial charge in [-0.1, -0.05) is 11.6 Å². The van der Waals surface area contributed by atoms with E-state index in [4.69, 9.17) is 21.1 Å². The van der Waals surface area contributed by atoms with Crippen molar-refractivity contribution < 1.29 is 23.0 Å². The molecule has 0 aliphatic carbocycles. The molecule has 3 rings (SSSR count). The summed E-state index contributed by atoms with van der Waals surface area (Å²) in [5.41, 5.74) is 1.84. The Morgan fingerprint density at radius 1 is 1.42 bits per heavy atom. The van der Waals surface area contributed by atoms with Crippen molar-refractivity contribution >= 4 is 29.1 Å². The summed E-state index contributed by atoms with van der Waals surface area (Å²) in [6.07, 6.45) is -1.25. The highest BCUT2D eigenvalue weighted by atomic mass is 35.5. The molecule has 1 atom stereocenters. The van der Waals surface area contributed by atoms with Crippen LogP contribution in [0.15, 0.2) is 18.3 Å². The van der Waals surface area contributed by atoms with Crippen molar-refractivity contribution in [1.29, 1.82) is 0 Å². The van der Waals surface area contributed by atoms with Crippen molar-refractivity contribution in [3.63, 3.8) is 0 Å². The van der Waals surface area contributed by atoms with Gasteiger partial charge in [-0.2, -0.15) is 5.10 Å². The lowest BCUT2D eigenvalue weighted by atomic mass is 10.2. The third kappa shape index (κ3) is 6.59. The normalized spacial score (nSPS) is 16.3. The van der Waals surface area contributed by atoms with E-state index in [1.807, 2.05) is 19.9 Å². The van der Waals surface area contributed by atoms with Gasteiger partial charge in [0, 0.05) is 13.1 Å². The standard InChI is InChI=1S/C19H23ClF2N6O3/c1-11-5-14(26-27-17(11)28-3-4-30-12(2)9-28)8-24-19(29)25-13-6-15(20)18(23-7-13)31-10-16(21)22/h5-7,12,16H,3-4,8-10H2,1-2H3,(H2,24,25,29). The van der Waals surface area contributed by atoms with E-state index in [0.717, 1.165) is 24.5 Å². The molecule has 2 aromatic rings. The summed E-state index contributed by atoms with van der Waals surface area (Å²) in [5.74, 6) is 0.673. The molecule has 12 heteroatoms. The molecule has 9 nitrogen and oxygen atoms in total. The van der Waals surface area contributed by atoms with Crippen molar-refractivity contribution in [2.45, 2.75) is 32.9 Å². The average Bonchev–Trinajstić information content (AvgIpc) is 2.71. The van der Waals surface area contributed by atoms with E-state index in [2.05, 4.69) is 30.7 Å². The van der Waals surface area contributed by atoms with E-state index >= 15 is 0 Å². The highest BCUT2D eigenvalue weighted by molar-refractivity contribution is 6.32. The molecule has 2 amide bonds. The summed E-state index contributed by atoms with van der Waals surface area (Å²) in [7, 11) is 0. The zero-order chi connectivity index (χ0) is 22.4. The number of nitrogens with one attached hydrogen (secondary N) is 2. The maximum atomic E-state index is 12.2. The lowest BCUT2D eigenvalue weighted by Gasteiger charge is -2.32. The average molecular weight is 457 g/mol. The number of urea groups is 1. The number of hydrogen-bond donors (Lipinski definition) is 2. The number of carbonyl (C=O) groups is 1. The molecular weight excluding hydrogens is 434 g/mol. The number of carbonyl (C=O) groups excluding carboxylic acids is 1. The molecule has 31 heavy (non-hydrogen) atoms. The summed E-state index contributed by atoms with van der Waals surface area (Å²) >= 11 is 5.94. The molecule has 0 radical (unpaired) electrons. The van der Waals surface area contributed by atoms with E-state index in [9.17, 15) is 13.6 Å². The monoisotopic (exact) mass is 456 g/mol. The summed E-state index contributed by atoms with van der Waals surface area (Å²) in [6, 6.07) is 2.72. The van der Waals surface area contributed by atoms with Gasteiger partial charge in [-0.3, -0.25) is 0 Å². The van der Waals surface area contributed by atoms with Gasteiger partial charge in [0.1, 0.15) is 5.02 Å². The fourth-order valence-electron chi connectivity index (χ4n) is 3.03. The second kappa shape index (κ2) is 10.5. The zero-order valence-electron chi connectivity index (χ0n) is 17.1. The topological polar surface area (TPSA) is 102 Å². The van der Waals surface area contributed by atoms with Gasteiger partial charge in [0.05, 0.1) is 36.8 Å². The number of nitrogens with zero attached hydrogens (tertiary/aromatic N) is 4. The van der Waals surface area contributed by atoms with Crippen molar-refractivity contribution in [1.82, 2.24) is 20.5 Å². The van der Waals surface area contributed by atoms with Crippen LogP contribution in [0.3, 0.4) is 0 Å². The Labute approximate surface area is 183 Å². The minimum absolute atomic E-state index is 0.00737. The van der Waals surface area contributed by atoms with Crippen LogP contribution in [0.1, 0.15) is 18.2 Å². The first-order chi connectivity index (χ1) is 14.8. The number of anilines is 2. The summed E-state index contributed by atoms with van der Waals surface area (Å²) in [4.78, 5) is 18.1. The second-order valence-corrected chi connectivity index (χ2v) is 7.40. The Morgan fingerprint density at radius 2 is 2.23 bits per heavy atom. The van der Waals surface area contributed by atoms with Gasteiger partial charge in [0.25, 0.3) is 6.43 Å². The van der Waals surface area contributed by atoms with Crippen molar-refractivity contribution in [2.75, 3.05) is 36.5 Å². The minimum Gasteiger partial charge on any atom is -0.471 e. The molecule has 2 aromatic heterocycles. The first kappa shape index (κ1) is 22.9. The number of amides is 2. The van der Waals surface area contributed by atoms with E-state index in [1.54, 1.807) is 0 Å². The lowest BCUT2D eigenvalue weighted by Crippen LogP contribution is -2.42. The van der Waals surface area contributed by atoms with Crippen LogP contribution in [0, 0.1) is 6.92 Å². The van der Waals surface area contributed by atoms with Crippen LogP contribution in [-0.2, 0) is 11.3 Å². The third-order valence-corrected chi connectivity index (χ3v) is 4.66. The molecule has 3 heterocycles. The van der Waals surface area contributed by atoms with E-state index in [-0.39, 0.29) is 29.2 Å². The van der Waals surface area contributed by atoms with Crippen molar-refractivity contribution in [2.24, 2.45) is 0 Å². The smallest absolute Gasteiger partial charge is 0.319 e. The SMILES string of the molecule is Cc1cc(CNC(=O)Nc2cnc(OCC(F)F)c(Cl)c2)nnc1N1CCOC(C)C1. The Hall–Kier alpha value is -2.79. The maximum absolute atomic E-state index is 12.2. The first-order valence-electron chi connectivity index (χ1n) is 9.63. The Morgan fingerprint density at radius 3 is 2.90 bits per heavy atom. The second-order valence-electron chi connectivity index (χ2n) is 6.99. The number of hydrogen-bond acceptors (Lipinski definition) is 7. The zero-order valence-corrected chi connectivity index (χ0v) is 17.8. The van der Waals surface area contributed by atoms with Crippen LogP contribution in [0.25, 0.3) is 0 Å². The molecule has 0 bridgehead atoms. The van der Waals surface area contributed by atoms with Gasteiger partial charge >= 0.3 is 6.03 Å². The predicted octanol–water partition coefficient (Wildman–Crippen LogP) is 3.02. The number of alkyl halides is 2. The molecule has 0 spiro atoms. The van der Waals surface area contributed by atoms with Crippen molar-refractivity contribution in [3.8, 4) is 5.88 Å². The molecule has 1 aliphatic rings.